The van der Waals surface area contributed by atoms with E-state index in [2.05, 4.69) is 36.2 Å². The summed E-state index contributed by atoms with van der Waals surface area (Å²) in [5, 5.41) is 10.9. The van der Waals surface area contributed by atoms with Gasteiger partial charge in [0.15, 0.2) is 5.90 Å². The van der Waals surface area contributed by atoms with E-state index in [-0.39, 0.29) is 0 Å². The van der Waals surface area contributed by atoms with Gasteiger partial charge in [0.1, 0.15) is 5.70 Å². The van der Waals surface area contributed by atoms with Crippen LogP contribution in [0.1, 0.15) is 17.4 Å². The van der Waals surface area contributed by atoms with Crippen LogP contribution >= 0.6 is 11.3 Å². The van der Waals surface area contributed by atoms with Gasteiger partial charge in [-0.3, -0.25) is 0 Å². The van der Waals surface area contributed by atoms with Gasteiger partial charge in [0.2, 0.25) is 6.29 Å². The first kappa shape index (κ1) is 11.4. The van der Waals surface area contributed by atoms with Crippen LogP contribution in [0.2, 0.25) is 0 Å². The van der Waals surface area contributed by atoms with Crippen LogP contribution in [-0.4, -0.2) is 17.3 Å². The van der Waals surface area contributed by atoms with Crippen LogP contribution in [0.25, 0.3) is 16.2 Å². The largest absolute Gasteiger partial charge is 0.446 e. The van der Waals surface area contributed by atoms with Crippen molar-refractivity contribution in [3.63, 3.8) is 0 Å². The topological polar surface area (TPSA) is 41.8 Å². The number of thiophene rings is 1. The standard InChI is InChI=1S/C14H13NO2S/c1-8-4-3-5-10-6-11(18-13(8)10)7-12-14(16)17-9(2)15-12/h3-7,14,16H,1-2H3/b12-7-. The number of benzene rings is 1. The van der Waals surface area contributed by atoms with Gasteiger partial charge < -0.3 is 9.84 Å². The number of hydrogen-bond acceptors (Lipinski definition) is 4. The molecule has 0 amide bonds. The second-order valence-corrected chi connectivity index (χ2v) is 5.40. The maximum atomic E-state index is 9.65. The maximum absolute atomic E-state index is 9.65. The number of rotatable bonds is 1. The van der Waals surface area contributed by atoms with Crippen molar-refractivity contribution >= 4 is 33.4 Å². The molecule has 1 aliphatic heterocycles. The predicted molar refractivity (Wildman–Crippen MR) is 74.7 cm³/mol. The molecular weight excluding hydrogens is 246 g/mol. The highest BCUT2D eigenvalue weighted by Gasteiger charge is 2.20. The Labute approximate surface area is 109 Å². The van der Waals surface area contributed by atoms with Gasteiger partial charge in [0.05, 0.1) is 0 Å². The van der Waals surface area contributed by atoms with Crippen LogP contribution in [0, 0.1) is 6.92 Å². The van der Waals surface area contributed by atoms with Crippen molar-refractivity contribution in [1.29, 1.82) is 0 Å². The average Bonchev–Trinajstić information content (AvgIpc) is 2.84. The molecule has 1 unspecified atom stereocenters. The van der Waals surface area contributed by atoms with Gasteiger partial charge in [0.25, 0.3) is 0 Å². The SMILES string of the molecule is CC1=N/C(=C\c2cc3cccc(C)c3s2)C(O)O1. The van der Waals surface area contributed by atoms with E-state index in [1.807, 2.05) is 6.08 Å². The molecule has 0 spiro atoms. The zero-order chi connectivity index (χ0) is 12.7. The number of fused-ring (bicyclic) bond motifs is 1. The second kappa shape index (κ2) is 4.23. The van der Waals surface area contributed by atoms with Crippen molar-refractivity contribution in [3.05, 3.63) is 40.4 Å². The number of aliphatic hydroxyl groups is 1. The first-order valence-corrected chi connectivity index (χ1v) is 6.56. The first-order chi connectivity index (χ1) is 8.63. The molecule has 1 aromatic heterocycles. The number of hydrogen-bond donors (Lipinski definition) is 1. The highest BCUT2D eigenvalue weighted by molar-refractivity contribution is 7.20. The van der Waals surface area contributed by atoms with E-state index in [1.54, 1.807) is 18.3 Å². The highest BCUT2D eigenvalue weighted by atomic mass is 32.1. The summed E-state index contributed by atoms with van der Waals surface area (Å²) in [6.45, 7) is 3.84. The Morgan fingerprint density at radius 1 is 1.39 bits per heavy atom. The van der Waals surface area contributed by atoms with E-state index in [4.69, 9.17) is 4.74 Å². The molecule has 4 heteroatoms. The average molecular weight is 259 g/mol. The van der Waals surface area contributed by atoms with Crippen molar-refractivity contribution in [3.8, 4) is 0 Å². The highest BCUT2D eigenvalue weighted by Crippen LogP contribution is 2.31. The number of aliphatic imine (C=N–C) groups is 1. The Hall–Kier alpha value is -1.65. The van der Waals surface area contributed by atoms with Crippen LogP contribution < -0.4 is 0 Å². The van der Waals surface area contributed by atoms with Crippen LogP contribution in [0.3, 0.4) is 0 Å². The molecule has 1 atom stereocenters. The normalized spacial score (nSPS) is 21.4. The molecule has 0 fully saturated rings. The summed E-state index contributed by atoms with van der Waals surface area (Å²) in [6, 6.07) is 8.36. The minimum atomic E-state index is -0.934. The predicted octanol–water partition coefficient (Wildman–Crippen LogP) is 3.32. The summed E-state index contributed by atoms with van der Waals surface area (Å²) in [7, 11) is 0. The minimum Gasteiger partial charge on any atom is -0.446 e. The lowest BCUT2D eigenvalue weighted by Gasteiger charge is -2.01. The van der Waals surface area contributed by atoms with Gasteiger partial charge in [-0.2, -0.15) is 0 Å². The monoisotopic (exact) mass is 259 g/mol. The lowest BCUT2D eigenvalue weighted by Crippen LogP contribution is -2.08. The molecule has 0 bridgehead atoms. The molecular formula is C14H13NO2S. The summed E-state index contributed by atoms with van der Waals surface area (Å²) < 4.78 is 6.36. The zero-order valence-corrected chi connectivity index (χ0v) is 11.0. The summed E-state index contributed by atoms with van der Waals surface area (Å²) in [4.78, 5) is 5.25. The molecule has 1 N–H and O–H groups in total. The van der Waals surface area contributed by atoms with E-state index in [0.29, 0.717) is 11.6 Å². The van der Waals surface area contributed by atoms with E-state index >= 15 is 0 Å². The quantitative estimate of drug-likeness (QED) is 0.853. The van der Waals surface area contributed by atoms with Crippen LogP contribution in [0.15, 0.2) is 35.0 Å². The fourth-order valence-corrected chi connectivity index (χ4v) is 3.11. The van der Waals surface area contributed by atoms with E-state index in [9.17, 15) is 5.11 Å². The summed E-state index contributed by atoms with van der Waals surface area (Å²) >= 11 is 1.70. The minimum absolute atomic E-state index is 0.506. The third-order valence-electron chi connectivity index (χ3n) is 2.87. The molecule has 0 saturated heterocycles. The third-order valence-corrected chi connectivity index (χ3v) is 4.11. The molecule has 2 aromatic rings. The second-order valence-electron chi connectivity index (χ2n) is 4.31. The number of aryl methyl sites for hydroxylation is 1. The Morgan fingerprint density at radius 3 is 2.89 bits per heavy atom. The Morgan fingerprint density at radius 2 is 2.22 bits per heavy atom. The molecule has 0 radical (unpaired) electrons. The Kier molecular flexibility index (Phi) is 2.69. The molecule has 0 aliphatic carbocycles. The van der Waals surface area contributed by atoms with E-state index < -0.39 is 6.29 Å². The third kappa shape index (κ3) is 1.94. The molecule has 92 valence electrons. The molecule has 1 aliphatic rings. The fraction of sp³-hybridized carbons (Fsp3) is 0.214. The van der Waals surface area contributed by atoms with E-state index in [1.165, 1.54) is 15.6 Å². The van der Waals surface area contributed by atoms with Crippen LogP contribution in [0.4, 0.5) is 0 Å². The molecule has 3 rings (SSSR count). The molecule has 2 heterocycles. The number of ether oxygens (including phenoxy) is 1. The molecule has 18 heavy (non-hydrogen) atoms. The van der Waals surface area contributed by atoms with Gasteiger partial charge in [0, 0.05) is 16.5 Å². The van der Waals surface area contributed by atoms with Crippen molar-refractivity contribution in [1.82, 2.24) is 0 Å². The fourth-order valence-electron chi connectivity index (χ4n) is 2.03. The van der Waals surface area contributed by atoms with Crippen LogP contribution in [-0.2, 0) is 4.74 Å². The number of nitrogens with zero attached hydrogens (tertiary/aromatic N) is 1. The lowest BCUT2D eigenvalue weighted by molar-refractivity contribution is 0.0167. The summed E-state index contributed by atoms with van der Waals surface area (Å²) in [5.41, 5.74) is 1.83. The zero-order valence-electron chi connectivity index (χ0n) is 10.2. The van der Waals surface area contributed by atoms with Crippen molar-refractivity contribution < 1.29 is 9.84 Å². The van der Waals surface area contributed by atoms with Crippen molar-refractivity contribution in [2.75, 3.05) is 0 Å². The van der Waals surface area contributed by atoms with Gasteiger partial charge in [-0.05, 0) is 30.0 Å². The van der Waals surface area contributed by atoms with Gasteiger partial charge in [-0.15, -0.1) is 11.3 Å². The van der Waals surface area contributed by atoms with Gasteiger partial charge in [-0.1, -0.05) is 18.2 Å². The Balaban J connectivity index is 2.06. The Bertz CT molecular complexity index is 669. The number of aliphatic hydroxyl groups excluding tert-OH is 1. The molecule has 3 nitrogen and oxygen atoms in total. The molecule has 1 aromatic carbocycles. The van der Waals surface area contributed by atoms with E-state index in [0.717, 1.165) is 4.88 Å². The van der Waals surface area contributed by atoms with Crippen LogP contribution in [0.5, 0.6) is 0 Å². The first-order valence-electron chi connectivity index (χ1n) is 5.74. The maximum Gasteiger partial charge on any atom is 0.242 e. The van der Waals surface area contributed by atoms with Gasteiger partial charge >= 0.3 is 0 Å². The smallest absolute Gasteiger partial charge is 0.242 e. The molecule has 0 saturated carbocycles. The lowest BCUT2D eigenvalue weighted by atomic mass is 10.2. The van der Waals surface area contributed by atoms with Crippen molar-refractivity contribution in [2.45, 2.75) is 20.1 Å². The summed E-state index contributed by atoms with van der Waals surface area (Å²) in [6.07, 6.45) is 0.946. The van der Waals surface area contributed by atoms with Gasteiger partial charge in [-0.25, -0.2) is 4.99 Å². The van der Waals surface area contributed by atoms with Crippen molar-refractivity contribution in [2.24, 2.45) is 4.99 Å². The summed E-state index contributed by atoms with van der Waals surface area (Å²) in [5.74, 6) is 0.506.